The van der Waals surface area contributed by atoms with E-state index in [1.165, 1.54) is 12.1 Å². The van der Waals surface area contributed by atoms with Gasteiger partial charge >= 0.3 is 0 Å². The van der Waals surface area contributed by atoms with Crippen LogP contribution in [0.1, 0.15) is 40.0 Å². The maximum atomic E-state index is 13.6. The molecule has 2 rings (SSSR count). The molecule has 1 aromatic carbocycles. The summed E-state index contributed by atoms with van der Waals surface area (Å²) in [6, 6.07) is 3.35. The fourth-order valence-electron chi connectivity index (χ4n) is 2.75. The van der Waals surface area contributed by atoms with Gasteiger partial charge in [0.05, 0.1) is 19.3 Å². The Bertz CT molecular complexity index is 491. The van der Waals surface area contributed by atoms with Crippen LogP contribution in [0.25, 0.3) is 0 Å². The van der Waals surface area contributed by atoms with Gasteiger partial charge in [-0.3, -0.25) is 0 Å². The molecular weight excluding hydrogens is 290 g/mol. The van der Waals surface area contributed by atoms with Crippen molar-refractivity contribution in [2.75, 3.05) is 13.2 Å². The van der Waals surface area contributed by atoms with Crippen LogP contribution in [0.2, 0.25) is 0 Å². The smallest absolute Gasteiger partial charge is 0.167 e. The third-order valence-electron chi connectivity index (χ3n) is 3.82. The minimum absolute atomic E-state index is 0.0206. The molecule has 1 aromatic rings. The van der Waals surface area contributed by atoms with E-state index in [2.05, 4.69) is 6.92 Å². The minimum atomic E-state index is -0.677. The van der Waals surface area contributed by atoms with Crippen LogP contribution < -0.4 is 4.74 Å². The first-order chi connectivity index (χ1) is 10.4. The molecule has 0 radical (unpaired) electrons. The van der Waals surface area contributed by atoms with E-state index >= 15 is 0 Å². The summed E-state index contributed by atoms with van der Waals surface area (Å²) in [6.07, 6.45) is 2.72. The lowest BCUT2D eigenvalue weighted by atomic mass is 9.94. The molecule has 5 heteroatoms. The van der Waals surface area contributed by atoms with Crippen LogP contribution in [0, 0.1) is 17.6 Å². The van der Waals surface area contributed by atoms with Gasteiger partial charge in [-0.25, -0.2) is 8.78 Å². The number of halogens is 2. The molecule has 1 saturated heterocycles. The standard InChI is InChI=1S/C17H24F2O3/c1-4-5-12(15-8-9-21-17(2,3)22-15)11-20-16-7-6-13(18)10-14(16)19/h6-7,10,12,15H,4-5,8-9,11H2,1-3H3/t12?,15-/m1/s1. The molecule has 1 fully saturated rings. The van der Waals surface area contributed by atoms with E-state index in [1.807, 2.05) is 13.8 Å². The van der Waals surface area contributed by atoms with Crippen LogP contribution in [0.5, 0.6) is 5.75 Å². The predicted molar refractivity (Wildman–Crippen MR) is 79.8 cm³/mol. The lowest BCUT2D eigenvalue weighted by Gasteiger charge is -2.39. The Morgan fingerprint density at radius 2 is 2.14 bits per heavy atom. The van der Waals surface area contributed by atoms with Gasteiger partial charge in [-0.2, -0.15) is 0 Å². The van der Waals surface area contributed by atoms with E-state index in [4.69, 9.17) is 14.2 Å². The van der Waals surface area contributed by atoms with Gasteiger partial charge in [0, 0.05) is 12.0 Å². The third-order valence-corrected chi connectivity index (χ3v) is 3.82. The second-order valence-corrected chi connectivity index (χ2v) is 6.13. The average Bonchev–Trinajstić information content (AvgIpc) is 2.44. The fourth-order valence-corrected chi connectivity index (χ4v) is 2.75. The molecule has 1 aliphatic rings. The highest BCUT2D eigenvalue weighted by atomic mass is 19.1. The molecule has 0 saturated carbocycles. The Balaban J connectivity index is 1.99. The van der Waals surface area contributed by atoms with E-state index in [9.17, 15) is 8.78 Å². The molecule has 0 bridgehead atoms. The highest BCUT2D eigenvalue weighted by molar-refractivity contribution is 5.24. The number of hydrogen-bond donors (Lipinski definition) is 0. The van der Waals surface area contributed by atoms with E-state index in [0.717, 1.165) is 25.3 Å². The van der Waals surface area contributed by atoms with E-state index < -0.39 is 17.4 Å². The van der Waals surface area contributed by atoms with Gasteiger partial charge in [-0.15, -0.1) is 0 Å². The maximum Gasteiger partial charge on any atom is 0.167 e. The molecule has 0 amide bonds. The SMILES string of the molecule is CCCC(COc1ccc(F)cc1F)[C@H]1CCOC(C)(C)O1. The molecule has 1 unspecified atom stereocenters. The van der Waals surface area contributed by atoms with Crippen LogP contribution in [-0.4, -0.2) is 25.1 Å². The lowest BCUT2D eigenvalue weighted by Crippen LogP contribution is -2.44. The topological polar surface area (TPSA) is 27.7 Å². The highest BCUT2D eigenvalue weighted by Crippen LogP contribution is 2.29. The summed E-state index contributed by atoms with van der Waals surface area (Å²) in [4.78, 5) is 0. The predicted octanol–water partition coefficient (Wildman–Crippen LogP) is 4.30. The lowest BCUT2D eigenvalue weighted by molar-refractivity contribution is -0.284. The Labute approximate surface area is 130 Å². The molecule has 0 aliphatic carbocycles. The number of rotatable bonds is 6. The fraction of sp³-hybridized carbons (Fsp3) is 0.647. The van der Waals surface area contributed by atoms with Gasteiger partial charge in [0.15, 0.2) is 17.4 Å². The van der Waals surface area contributed by atoms with Crippen molar-refractivity contribution in [3.63, 3.8) is 0 Å². The number of hydrogen-bond acceptors (Lipinski definition) is 3. The summed E-state index contributed by atoms with van der Waals surface area (Å²) >= 11 is 0. The van der Waals surface area contributed by atoms with Crippen molar-refractivity contribution in [1.82, 2.24) is 0 Å². The Kier molecular flexibility index (Phi) is 5.75. The average molecular weight is 314 g/mol. The first kappa shape index (κ1) is 17.2. The molecule has 3 nitrogen and oxygen atoms in total. The summed E-state index contributed by atoms with van der Waals surface area (Å²) in [7, 11) is 0. The molecule has 0 aromatic heterocycles. The van der Waals surface area contributed by atoms with Crippen LogP contribution in [0.3, 0.4) is 0 Å². The zero-order valence-corrected chi connectivity index (χ0v) is 13.4. The zero-order chi connectivity index (χ0) is 16.2. The van der Waals surface area contributed by atoms with Gasteiger partial charge in [0.2, 0.25) is 0 Å². The molecule has 22 heavy (non-hydrogen) atoms. The van der Waals surface area contributed by atoms with Crippen molar-refractivity contribution in [2.45, 2.75) is 51.9 Å². The highest BCUT2D eigenvalue weighted by Gasteiger charge is 2.34. The monoisotopic (exact) mass is 314 g/mol. The quantitative estimate of drug-likeness (QED) is 0.783. The zero-order valence-electron chi connectivity index (χ0n) is 13.4. The minimum Gasteiger partial charge on any atom is -0.490 e. The molecule has 1 heterocycles. The number of ether oxygens (including phenoxy) is 3. The second kappa shape index (κ2) is 7.38. The summed E-state index contributed by atoms with van der Waals surface area (Å²) in [6.45, 7) is 6.86. The van der Waals surface area contributed by atoms with Crippen molar-refractivity contribution < 1.29 is 23.0 Å². The second-order valence-electron chi connectivity index (χ2n) is 6.13. The molecule has 1 aliphatic heterocycles. The summed E-state index contributed by atoms with van der Waals surface area (Å²) in [5, 5.41) is 0. The third kappa shape index (κ3) is 4.65. The molecular formula is C17H24F2O3. The van der Waals surface area contributed by atoms with Crippen molar-refractivity contribution >= 4 is 0 Å². The molecule has 0 spiro atoms. The maximum absolute atomic E-state index is 13.6. The van der Waals surface area contributed by atoms with Crippen LogP contribution in [0.4, 0.5) is 8.78 Å². The largest absolute Gasteiger partial charge is 0.490 e. The van der Waals surface area contributed by atoms with Gasteiger partial charge in [0.25, 0.3) is 0 Å². The van der Waals surface area contributed by atoms with Crippen molar-refractivity contribution in [2.24, 2.45) is 5.92 Å². The van der Waals surface area contributed by atoms with Crippen molar-refractivity contribution in [3.8, 4) is 5.75 Å². The summed E-state index contributed by atoms with van der Waals surface area (Å²) in [5.74, 6) is -1.66. The van der Waals surface area contributed by atoms with Gasteiger partial charge < -0.3 is 14.2 Å². The van der Waals surface area contributed by atoms with Crippen LogP contribution >= 0.6 is 0 Å². The molecule has 0 N–H and O–H groups in total. The van der Waals surface area contributed by atoms with Gasteiger partial charge in [-0.1, -0.05) is 13.3 Å². The molecule has 2 atom stereocenters. The van der Waals surface area contributed by atoms with Crippen molar-refractivity contribution in [3.05, 3.63) is 29.8 Å². The van der Waals surface area contributed by atoms with Gasteiger partial charge in [-0.05, 0) is 38.8 Å². The van der Waals surface area contributed by atoms with E-state index in [1.54, 1.807) is 0 Å². The first-order valence-corrected chi connectivity index (χ1v) is 7.81. The summed E-state index contributed by atoms with van der Waals surface area (Å²) in [5.41, 5.74) is 0. The van der Waals surface area contributed by atoms with E-state index in [-0.39, 0.29) is 17.8 Å². The Hall–Kier alpha value is -1.20. The summed E-state index contributed by atoms with van der Waals surface area (Å²) < 4.78 is 43.6. The van der Waals surface area contributed by atoms with Gasteiger partial charge in [0.1, 0.15) is 5.82 Å². The van der Waals surface area contributed by atoms with Crippen LogP contribution in [-0.2, 0) is 9.47 Å². The van der Waals surface area contributed by atoms with Crippen molar-refractivity contribution in [1.29, 1.82) is 0 Å². The van der Waals surface area contributed by atoms with E-state index in [0.29, 0.717) is 13.2 Å². The normalized spacial score (nSPS) is 22.3. The first-order valence-electron chi connectivity index (χ1n) is 7.81. The Morgan fingerprint density at radius 1 is 1.36 bits per heavy atom. The Morgan fingerprint density at radius 3 is 2.77 bits per heavy atom. The van der Waals surface area contributed by atoms with Crippen LogP contribution in [0.15, 0.2) is 18.2 Å². The number of benzene rings is 1. The molecule has 124 valence electrons.